The molecule has 0 radical (unpaired) electrons. The summed E-state index contributed by atoms with van der Waals surface area (Å²) in [6, 6.07) is 6.11. The van der Waals surface area contributed by atoms with Crippen molar-refractivity contribution in [3.05, 3.63) is 46.1 Å². The average molecular weight is 262 g/mol. The molecule has 0 unspecified atom stereocenters. The minimum absolute atomic E-state index is 0.0237. The van der Waals surface area contributed by atoms with E-state index in [4.69, 9.17) is 4.74 Å². The highest BCUT2D eigenvalue weighted by molar-refractivity contribution is 5.84. The zero-order valence-corrected chi connectivity index (χ0v) is 10.5. The highest BCUT2D eigenvalue weighted by Gasteiger charge is 2.32. The van der Waals surface area contributed by atoms with Crippen molar-refractivity contribution in [1.29, 1.82) is 0 Å². The number of aromatic nitrogens is 1. The van der Waals surface area contributed by atoms with Crippen LogP contribution in [0, 0.1) is 10.1 Å². The number of para-hydroxylation sites is 1. The Morgan fingerprint density at radius 1 is 1.47 bits per heavy atom. The summed E-state index contributed by atoms with van der Waals surface area (Å²) in [5.74, 6) is -0.794. The lowest BCUT2D eigenvalue weighted by molar-refractivity contribution is -0.510. The smallest absolute Gasteiger partial charge is 0.382 e. The van der Waals surface area contributed by atoms with Crippen LogP contribution >= 0.6 is 0 Å². The first-order chi connectivity index (χ1) is 9.13. The lowest BCUT2D eigenvalue weighted by Gasteiger charge is -2.07. The number of benzene rings is 1. The van der Waals surface area contributed by atoms with Crippen LogP contribution in [0.1, 0.15) is 12.5 Å². The standard InChI is InChI=1S/C13H14N2O4/c1-2-19-13(16)12(15(17)18)7-9-8-14-11-6-4-3-5-10(9)11/h3-6,8,12,14H,2,7H2,1H3/t12-/m1/s1. The summed E-state index contributed by atoms with van der Waals surface area (Å²) < 4.78 is 4.74. The fraction of sp³-hybridized carbons (Fsp3) is 0.308. The van der Waals surface area contributed by atoms with Gasteiger partial charge in [0, 0.05) is 22.0 Å². The maximum absolute atomic E-state index is 11.6. The van der Waals surface area contributed by atoms with Gasteiger partial charge in [0.15, 0.2) is 0 Å². The molecule has 0 aliphatic heterocycles. The van der Waals surface area contributed by atoms with E-state index >= 15 is 0 Å². The van der Waals surface area contributed by atoms with E-state index in [1.807, 2.05) is 24.3 Å². The first-order valence-electron chi connectivity index (χ1n) is 5.98. The number of carbonyl (C=O) groups excluding carboxylic acids is 1. The van der Waals surface area contributed by atoms with E-state index < -0.39 is 16.9 Å². The maximum Gasteiger partial charge on any atom is 0.382 e. The first-order valence-corrected chi connectivity index (χ1v) is 5.98. The number of fused-ring (bicyclic) bond motifs is 1. The Morgan fingerprint density at radius 2 is 2.21 bits per heavy atom. The molecule has 1 aromatic heterocycles. The second-order valence-electron chi connectivity index (χ2n) is 4.12. The molecule has 2 aromatic rings. The highest BCUT2D eigenvalue weighted by Crippen LogP contribution is 2.20. The number of H-pyrrole nitrogens is 1. The maximum atomic E-state index is 11.6. The second kappa shape index (κ2) is 5.51. The zero-order chi connectivity index (χ0) is 13.8. The van der Waals surface area contributed by atoms with E-state index in [9.17, 15) is 14.9 Å². The van der Waals surface area contributed by atoms with Gasteiger partial charge in [-0.1, -0.05) is 18.2 Å². The minimum atomic E-state index is -1.36. The number of ether oxygens (including phenoxy) is 1. The summed E-state index contributed by atoms with van der Waals surface area (Å²) in [7, 11) is 0. The van der Waals surface area contributed by atoms with Gasteiger partial charge < -0.3 is 9.72 Å². The van der Waals surface area contributed by atoms with Gasteiger partial charge in [-0.25, -0.2) is 4.79 Å². The number of rotatable bonds is 5. The number of hydrogen-bond acceptors (Lipinski definition) is 4. The van der Waals surface area contributed by atoms with Crippen LogP contribution in [-0.4, -0.2) is 28.5 Å². The Kier molecular flexibility index (Phi) is 3.79. The minimum Gasteiger partial charge on any atom is -0.461 e. The summed E-state index contributed by atoms with van der Waals surface area (Å²) in [5, 5.41) is 11.9. The Bertz CT molecular complexity index is 605. The Hall–Kier alpha value is -2.37. The molecular formula is C13H14N2O4. The van der Waals surface area contributed by atoms with Crippen molar-refractivity contribution in [2.75, 3.05) is 6.61 Å². The van der Waals surface area contributed by atoms with Crippen LogP contribution < -0.4 is 0 Å². The number of carbonyl (C=O) groups is 1. The fourth-order valence-corrected chi connectivity index (χ4v) is 1.99. The summed E-state index contributed by atoms with van der Waals surface area (Å²) in [6.07, 6.45) is 1.72. The largest absolute Gasteiger partial charge is 0.461 e. The number of aromatic amines is 1. The molecule has 6 nitrogen and oxygen atoms in total. The van der Waals surface area contributed by atoms with Crippen LogP contribution in [-0.2, 0) is 16.0 Å². The van der Waals surface area contributed by atoms with Crippen molar-refractivity contribution in [1.82, 2.24) is 4.98 Å². The number of nitro groups is 1. The number of esters is 1. The summed E-state index contributed by atoms with van der Waals surface area (Å²) >= 11 is 0. The Morgan fingerprint density at radius 3 is 2.89 bits per heavy atom. The third-order valence-electron chi connectivity index (χ3n) is 2.90. The van der Waals surface area contributed by atoms with Gasteiger partial charge >= 0.3 is 12.0 Å². The molecule has 1 heterocycles. The molecule has 1 N–H and O–H groups in total. The van der Waals surface area contributed by atoms with Crippen molar-refractivity contribution in [3.8, 4) is 0 Å². The van der Waals surface area contributed by atoms with Gasteiger partial charge in [-0.3, -0.25) is 10.1 Å². The third-order valence-corrected chi connectivity index (χ3v) is 2.90. The molecule has 6 heteroatoms. The van der Waals surface area contributed by atoms with Crippen molar-refractivity contribution < 1.29 is 14.5 Å². The van der Waals surface area contributed by atoms with Crippen molar-refractivity contribution in [2.45, 2.75) is 19.4 Å². The predicted octanol–water partition coefficient (Wildman–Crippen LogP) is 1.92. The lowest BCUT2D eigenvalue weighted by atomic mass is 10.1. The van der Waals surface area contributed by atoms with E-state index in [-0.39, 0.29) is 13.0 Å². The van der Waals surface area contributed by atoms with Crippen LogP contribution in [0.15, 0.2) is 30.5 Å². The van der Waals surface area contributed by atoms with Gasteiger partial charge in [-0.2, -0.15) is 0 Å². The SMILES string of the molecule is CCOC(=O)[C@@H](Cc1c[nH]c2ccccc12)[N+](=O)[O-]. The van der Waals surface area contributed by atoms with Gasteiger partial charge in [0.1, 0.15) is 0 Å². The van der Waals surface area contributed by atoms with E-state index in [0.717, 1.165) is 16.5 Å². The van der Waals surface area contributed by atoms with Gasteiger partial charge in [-0.15, -0.1) is 0 Å². The molecule has 19 heavy (non-hydrogen) atoms. The summed E-state index contributed by atoms with van der Waals surface area (Å²) in [4.78, 5) is 25.0. The Labute approximate surface area is 109 Å². The van der Waals surface area contributed by atoms with Gasteiger partial charge in [-0.05, 0) is 18.6 Å². The highest BCUT2D eigenvalue weighted by atomic mass is 16.6. The predicted molar refractivity (Wildman–Crippen MR) is 69.4 cm³/mol. The van der Waals surface area contributed by atoms with E-state index in [1.54, 1.807) is 13.1 Å². The quantitative estimate of drug-likeness (QED) is 0.506. The van der Waals surface area contributed by atoms with Gasteiger partial charge in [0.25, 0.3) is 0 Å². The molecule has 2 rings (SSSR count). The normalized spacial score (nSPS) is 12.3. The van der Waals surface area contributed by atoms with Gasteiger partial charge in [0.05, 0.1) is 13.0 Å². The molecule has 0 amide bonds. The number of hydrogen-bond donors (Lipinski definition) is 1. The fourth-order valence-electron chi connectivity index (χ4n) is 1.99. The first kappa shape index (κ1) is 13.1. The van der Waals surface area contributed by atoms with E-state index in [0.29, 0.717) is 0 Å². The lowest BCUT2D eigenvalue weighted by Crippen LogP contribution is -2.33. The average Bonchev–Trinajstić information content (AvgIpc) is 2.79. The van der Waals surface area contributed by atoms with Crippen LogP contribution in [0.5, 0.6) is 0 Å². The summed E-state index contributed by atoms with van der Waals surface area (Å²) in [5.41, 5.74) is 1.63. The van der Waals surface area contributed by atoms with E-state index in [1.165, 1.54) is 0 Å². The van der Waals surface area contributed by atoms with Crippen LogP contribution in [0.3, 0.4) is 0 Å². The topological polar surface area (TPSA) is 85.2 Å². The number of nitrogens with zero attached hydrogens (tertiary/aromatic N) is 1. The molecule has 0 aliphatic carbocycles. The van der Waals surface area contributed by atoms with Gasteiger partial charge in [0.2, 0.25) is 0 Å². The molecule has 1 atom stereocenters. The van der Waals surface area contributed by atoms with Crippen LogP contribution in [0.2, 0.25) is 0 Å². The molecule has 0 saturated heterocycles. The molecule has 0 aliphatic rings. The molecule has 1 aromatic carbocycles. The summed E-state index contributed by atoms with van der Waals surface area (Å²) in [6.45, 7) is 1.76. The van der Waals surface area contributed by atoms with Crippen LogP contribution in [0.4, 0.5) is 0 Å². The van der Waals surface area contributed by atoms with Crippen LogP contribution in [0.25, 0.3) is 10.9 Å². The van der Waals surface area contributed by atoms with E-state index in [2.05, 4.69) is 4.98 Å². The molecule has 0 saturated carbocycles. The molecule has 0 bridgehead atoms. The van der Waals surface area contributed by atoms with Crippen molar-refractivity contribution >= 4 is 16.9 Å². The number of nitrogens with one attached hydrogen (secondary N) is 1. The Balaban J connectivity index is 2.26. The third kappa shape index (κ3) is 2.73. The van der Waals surface area contributed by atoms with Crippen molar-refractivity contribution in [2.24, 2.45) is 0 Å². The van der Waals surface area contributed by atoms with Crippen molar-refractivity contribution in [3.63, 3.8) is 0 Å². The molecular weight excluding hydrogens is 248 g/mol. The molecule has 100 valence electrons. The molecule has 0 fully saturated rings. The second-order valence-corrected chi connectivity index (χ2v) is 4.12. The molecule has 0 spiro atoms. The zero-order valence-electron chi connectivity index (χ0n) is 10.5. The monoisotopic (exact) mass is 262 g/mol.